The van der Waals surface area contributed by atoms with Crippen LogP contribution in [0.1, 0.15) is 87.3 Å². The van der Waals surface area contributed by atoms with Gasteiger partial charge in [0.2, 0.25) is 0 Å². The number of thiol groups is 1. The Hall–Kier alpha value is -2.85. The van der Waals surface area contributed by atoms with E-state index in [1.54, 1.807) is 4.57 Å². The van der Waals surface area contributed by atoms with Crippen LogP contribution in [0.5, 0.6) is 11.5 Å². The smallest absolute Gasteiger partial charge is 0.198 e. The molecule has 1 atom stereocenters. The van der Waals surface area contributed by atoms with Crippen molar-refractivity contribution >= 4 is 37.1 Å². The van der Waals surface area contributed by atoms with Crippen LogP contribution in [0.4, 0.5) is 0 Å². The van der Waals surface area contributed by atoms with Crippen molar-refractivity contribution in [2.45, 2.75) is 83.5 Å². The van der Waals surface area contributed by atoms with Gasteiger partial charge in [0.05, 0.1) is 5.69 Å². The maximum absolute atomic E-state index is 11.7. The van der Waals surface area contributed by atoms with Crippen molar-refractivity contribution in [3.8, 4) is 17.2 Å². The van der Waals surface area contributed by atoms with Crippen LogP contribution < -0.4 is 10.1 Å². The van der Waals surface area contributed by atoms with E-state index in [4.69, 9.17) is 41.8 Å². The second-order valence-corrected chi connectivity index (χ2v) is 14.5. The van der Waals surface area contributed by atoms with Crippen molar-refractivity contribution in [1.82, 2.24) is 20.1 Å². The van der Waals surface area contributed by atoms with Crippen molar-refractivity contribution < 1.29 is 9.84 Å². The summed E-state index contributed by atoms with van der Waals surface area (Å²) in [6, 6.07) is 16.3. The van der Waals surface area contributed by atoms with Crippen LogP contribution in [0.3, 0.4) is 0 Å². The first kappa shape index (κ1) is 33.1. The SMILES string of the molecule is Cc1cc(C(CCNCOc2ccc(-n3c(=S)[nH][nH]c3=S)cc2)c2cc(C)cc(C(C)(C)C)c2S)c(O)c(C(C)(C)C)c1. The maximum Gasteiger partial charge on any atom is 0.198 e. The zero-order valence-corrected chi connectivity index (χ0v) is 28.9. The minimum absolute atomic E-state index is 0.0587. The predicted octanol–water partition coefficient (Wildman–Crippen LogP) is 8.95. The fraction of sp³-hybridized carbons (Fsp3) is 0.412. The molecule has 1 heterocycles. The Kier molecular flexibility index (Phi) is 10.0. The van der Waals surface area contributed by atoms with Gasteiger partial charge in [0, 0.05) is 16.4 Å². The molecular formula is C34H44N4O2S3. The van der Waals surface area contributed by atoms with E-state index in [9.17, 15) is 5.11 Å². The molecule has 9 heteroatoms. The number of phenols is 1. The van der Waals surface area contributed by atoms with Gasteiger partial charge in [-0.1, -0.05) is 76.9 Å². The summed E-state index contributed by atoms with van der Waals surface area (Å²) in [5.41, 5.74) is 7.16. The summed E-state index contributed by atoms with van der Waals surface area (Å²) in [5, 5.41) is 20.8. The summed E-state index contributed by atoms with van der Waals surface area (Å²) >= 11 is 15.7. The molecule has 0 aliphatic rings. The standard InChI is InChI=1S/C34H44N4O2S3/c1-20-15-25(29(39)27(17-20)33(3,4)5)24(26-16-21(2)18-28(30(26)41)34(6,7)8)13-14-35-19-40-23-11-9-22(10-12-23)38-31(42)36-37-32(38)43/h9-12,15-18,24,35,39,41H,13-14,19H2,1-8H3,(H,36,42)(H,37,43). The lowest BCUT2D eigenvalue weighted by atomic mass is 9.78. The number of aromatic nitrogens is 3. The van der Waals surface area contributed by atoms with E-state index in [1.165, 1.54) is 11.1 Å². The maximum atomic E-state index is 11.7. The van der Waals surface area contributed by atoms with Gasteiger partial charge in [0.15, 0.2) is 9.54 Å². The Labute approximate surface area is 271 Å². The van der Waals surface area contributed by atoms with Crippen LogP contribution in [-0.4, -0.2) is 33.1 Å². The lowest BCUT2D eigenvalue weighted by Crippen LogP contribution is -2.24. The van der Waals surface area contributed by atoms with E-state index < -0.39 is 0 Å². The molecule has 1 unspecified atom stereocenters. The van der Waals surface area contributed by atoms with Crippen LogP contribution in [0.2, 0.25) is 0 Å². The van der Waals surface area contributed by atoms with E-state index >= 15 is 0 Å². The number of hydrogen-bond acceptors (Lipinski definition) is 6. The van der Waals surface area contributed by atoms with Gasteiger partial charge < -0.3 is 9.84 Å². The minimum atomic E-state index is -0.193. The van der Waals surface area contributed by atoms with Gasteiger partial charge in [-0.3, -0.25) is 20.1 Å². The van der Waals surface area contributed by atoms with Crippen molar-refractivity contribution in [2.24, 2.45) is 0 Å². The van der Waals surface area contributed by atoms with E-state index in [2.05, 4.69) is 95.2 Å². The Morgan fingerprint density at radius 1 is 0.860 bits per heavy atom. The molecule has 1 aromatic heterocycles. The second-order valence-electron chi connectivity index (χ2n) is 13.3. The van der Waals surface area contributed by atoms with Crippen LogP contribution in [0.25, 0.3) is 5.69 Å². The number of aromatic amines is 2. The number of ether oxygens (including phenoxy) is 1. The van der Waals surface area contributed by atoms with Gasteiger partial charge >= 0.3 is 0 Å². The quantitative estimate of drug-likeness (QED) is 0.0549. The summed E-state index contributed by atoms with van der Waals surface area (Å²) in [7, 11) is 0. The van der Waals surface area contributed by atoms with Crippen LogP contribution in [0, 0.1) is 23.4 Å². The third kappa shape index (κ3) is 7.63. The Bertz CT molecular complexity index is 1610. The van der Waals surface area contributed by atoms with Crippen LogP contribution in [0.15, 0.2) is 53.4 Å². The van der Waals surface area contributed by atoms with Gasteiger partial charge in [-0.25, -0.2) is 0 Å². The Morgan fingerprint density at radius 2 is 1.40 bits per heavy atom. The monoisotopic (exact) mass is 636 g/mol. The van der Waals surface area contributed by atoms with E-state index in [-0.39, 0.29) is 16.7 Å². The number of phenolic OH excluding ortho intramolecular Hbond substituents is 1. The van der Waals surface area contributed by atoms with Crippen molar-refractivity contribution in [2.75, 3.05) is 13.3 Å². The molecule has 43 heavy (non-hydrogen) atoms. The summed E-state index contributed by atoms with van der Waals surface area (Å²) in [6.45, 7) is 18.3. The van der Waals surface area contributed by atoms with Crippen molar-refractivity contribution in [1.29, 1.82) is 0 Å². The molecule has 4 N–H and O–H groups in total. The number of rotatable bonds is 9. The predicted molar refractivity (Wildman–Crippen MR) is 185 cm³/mol. The highest BCUT2D eigenvalue weighted by molar-refractivity contribution is 7.80. The molecule has 0 fully saturated rings. The number of aromatic hydroxyl groups is 1. The average molecular weight is 637 g/mol. The first-order valence-corrected chi connectivity index (χ1v) is 15.9. The number of nitrogens with one attached hydrogen (secondary N) is 3. The Balaban J connectivity index is 1.57. The van der Waals surface area contributed by atoms with Gasteiger partial charge in [-0.15, -0.1) is 12.6 Å². The summed E-state index contributed by atoms with van der Waals surface area (Å²) in [6.07, 6.45) is 0.757. The van der Waals surface area contributed by atoms with E-state index in [0.717, 1.165) is 45.0 Å². The van der Waals surface area contributed by atoms with Gasteiger partial charge in [-0.2, -0.15) is 0 Å². The highest BCUT2D eigenvalue weighted by Crippen LogP contribution is 2.44. The van der Waals surface area contributed by atoms with Gasteiger partial charge in [-0.05, 0) is 103 Å². The number of benzene rings is 3. The largest absolute Gasteiger partial charge is 0.507 e. The van der Waals surface area contributed by atoms with Crippen LogP contribution >= 0.6 is 37.1 Å². The molecule has 230 valence electrons. The topological polar surface area (TPSA) is 78.0 Å². The normalized spacial score (nSPS) is 12.9. The molecular weight excluding hydrogens is 593 g/mol. The first-order valence-electron chi connectivity index (χ1n) is 14.6. The fourth-order valence-electron chi connectivity index (χ4n) is 5.46. The fourth-order valence-corrected chi connectivity index (χ4v) is 6.63. The van der Waals surface area contributed by atoms with Gasteiger partial charge in [0.1, 0.15) is 18.2 Å². The summed E-state index contributed by atoms with van der Waals surface area (Å²) in [4.78, 5) is 0.986. The Morgan fingerprint density at radius 3 is 1.95 bits per heavy atom. The lowest BCUT2D eigenvalue weighted by Gasteiger charge is -2.30. The zero-order chi connectivity index (χ0) is 31.7. The third-order valence-electron chi connectivity index (χ3n) is 7.66. The zero-order valence-electron chi connectivity index (χ0n) is 26.4. The number of H-pyrrole nitrogens is 2. The molecule has 6 nitrogen and oxygen atoms in total. The summed E-state index contributed by atoms with van der Waals surface area (Å²) < 4.78 is 8.77. The highest BCUT2D eigenvalue weighted by atomic mass is 32.1. The summed E-state index contributed by atoms with van der Waals surface area (Å²) in [5.74, 6) is 1.05. The minimum Gasteiger partial charge on any atom is -0.507 e. The van der Waals surface area contributed by atoms with Gasteiger partial charge in [0.25, 0.3) is 0 Å². The molecule has 4 aromatic rings. The van der Waals surface area contributed by atoms with E-state index in [0.29, 0.717) is 28.6 Å². The average Bonchev–Trinajstić information content (AvgIpc) is 3.25. The molecule has 0 saturated heterocycles. The number of nitrogens with zero attached hydrogens (tertiary/aromatic N) is 1. The molecule has 0 aliphatic heterocycles. The van der Waals surface area contributed by atoms with E-state index in [1.807, 2.05) is 24.3 Å². The molecule has 0 saturated carbocycles. The number of hydrogen-bond donors (Lipinski definition) is 5. The second kappa shape index (κ2) is 13.0. The highest BCUT2D eigenvalue weighted by Gasteiger charge is 2.28. The number of aryl methyl sites for hydroxylation is 2. The first-order chi connectivity index (χ1) is 20.1. The van der Waals surface area contributed by atoms with Crippen molar-refractivity contribution in [3.63, 3.8) is 0 Å². The van der Waals surface area contributed by atoms with Crippen molar-refractivity contribution in [3.05, 3.63) is 91.5 Å². The molecule has 0 bridgehead atoms. The molecule has 3 aromatic carbocycles. The molecule has 0 amide bonds. The van der Waals surface area contributed by atoms with Crippen LogP contribution in [-0.2, 0) is 10.8 Å². The molecule has 0 spiro atoms. The molecule has 0 radical (unpaired) electrons. The lowest BCUT2D eigenvalue weighted by molar-refractivity contribution is 0.282. The third-order valence-corrected chi connectivity index (χ3v) is 8.73. The molecule has 0 aliphatic carbocycles. The molecule has 4 rings (SSSR count).